The number of ether oxygens (including phenoxy) is 2. The van der Waals surface area contributed by atoms with Crippen LogP contribution >= 0.6 is 0 Å². The summed E-state index contributed by atoms with van der Waals surface area (Å²) in [5.74, 6) is -0.496. The van der Waals surface area contributed by atoms with Gasteiger partial charge in [-0.15, -0.1) is 5.10 Å². The third-order valence-corrected chi connectivity index (χ3v) is 5.40. The largest absolute Gasteiger partial charge is 0.448 e. The molecule has 2 N–H and O–H groups in total. The summed E-state index contributed by atoms with van der Waals surface area (Å²) >= 11 is 0. The standard InChI is InChI=1S/C20H24N6O6/c1-2-32-20(28)25-16-5-6-21-12-15(16)18(23-25)22-19(27)14-4-3-13(11-17(14)26(29)30)24-7-9-31-10-8-24/h3-4,11,21H,2,5-10,12H2,1H3,(H,22,23,27). The maximum Gasteiger partial charge on any atom is 0.434 e. The van der Waals surface area contributed by atoms with E-state index in [1.54, 1.807) is 13.0 Å². The van der Waals surface area contributed by atoms with E-state index in [9.17, 15) is 19.7 Å². The van der Waals surface area contributed by atoms with Gasteiger partial charge in [0.1, 0.15) is 5.56 Å². The van der Waals surface area contributed by atoms with Crippen LogP contribution in [0.5, 0.6) is 0 Å². The van der Waals surface area contributed by atoms with Gasteiger partial charge in [-0.25, -0.2) is 4.79 Å². The van der Waals surface area contributed by atoms with E-state index in [0.717, 1.165) is 4.68 Å². The zero-order chi connectivity index (χ0) is 22.7. The lowest BCUT2D eigenvalue weighted by Crippen LogP contribution is -2.36. The van der Waals surface area contributed by atoms with Crippen molar-refractivity contribution < 1.29 is 24.0 Å². The first-order chi connectivity index (χ1) is 15.5. The van der Waals surface area contributed by atoms with Gasteiger partial charge in [0.25, 0.3) is 11.6 Å². The first-order valence-corrected chi connectivity index (χ1v) is 10.4. The van der Waals surface area contributed by atoms with Crippen LogP contribution in [0.4, 0.5) is 22.0 Å². The summed E-state index contributed by atoms with van der Waals surface area (Å²) in [6.45, 7) is 5.26. The molecular formula is C20H24N6O6. The number of aromatic nitrogens is 2. The van der Waals surface area contributed by atoms with Crippen LogP contribution in [0.25, 0.3) is 0 Å². The van der Waals surface area contributed by atoms with E-state index in [2.05, 4.69) is 15.7 Å². The van der Waals surface area contributed by atoms with Crippen LogP contribution in [0, 0.1) is 10.1 Å². The number of benzene rings is 1. The van der Waals surface area contributed by atoms with Crippen molar-refractivity contribution in [3.63, 3.8) is 0 Å². The molecule has 1 aromatic carbocycles. The molecular weight excluding hydrogens is 420 g/mol. The summed E-state index contributed by atoms with van der Waals surface area (Å²) in [5, 5.41) is 21.7. The molecule has 0 radical (unpaired) electrons. The number of nitro benzene ring substituents is 1. The van der Waals surface area contributed by atoms with Gasteiger partial charge >= 0.3 is 6.09 Å². The van der Waals surface area contributed by atoms with Crippen LogP contribution in [-0.2, 0) is 22.4 Å². The highest BCUT2D eigenvalue weighted by Gasteiger charge is 2.28. The Hall–Kier alpha value is -3.51. The minimum absolute atomic E-state index is 0.0878. The van der Waals surface area contributed by atoms with Crippen molar-refractivity contribution in [2.24, 2.45) is 0 Å². The Balaban J connectivity index is 1.62. The summed E-state index contributed by atoms with van der Waals surface area (Å²) in [4.78, 5) is 38.3. The van der Waals surface area contributed by atoms with E-state index >= 15 is 0 Å². The fourth-order valence-corrected chi connectivity index (χ4v) is 3.84. The molecule has 0 bridgehead atoms. The van der Waals surface area contributed by atoms with Gasteiger partial charge in [0.15, 0.2) is 5.82 Å². The molecule has 0 saturated carbocycles. The molecule has 1 saturated heterocycles. The van der Waals surface area contributed by atoms with Crippen molar-refractivity contribution in [2.45, 2.75) is 19.9 Å². The summed E-state index contributed by atoms with van der Waals surface area (Å²) in [5.41, 5.74) is 1.57. The van der Waals surface area contributed by atoms with Crippen molar-refractivity contribution in [3.05, 3.63) is 45.1 Å². The number of nitro groups is 1. The van der Waals surface area contributed by atoms with Gasteiger partial charge in [-0.1, -0.05) is 0 Å². The number of carbonyl (C=O) groups excluding carboxylic acids is 2. The molecule has 1 fully saturated rings. The Morgan fingerprint density at radius 1 is 1.34 bits per heavy atom. The summed E-state index contributed by atoms with van der Waals surface area (Å²) in [7, 11) is 0. The molecule has 4 rings (SSSR count). The SMILES string of the molecule is CCOC(=O)n1nc(NC(=O)c2ccc(N3CCOCC3)cc2[N+](=O)[O-])c2c1CCNC2. The molecule has 2 aromatic rings. The Kier molecular flexibility index (Phi) is 6.32. The zero-order valence-electron chi connectivity index (χ0n) is 17.6. The smallest absolute Gasteiger partial charge is 0.434 e. The summed E-state index contributed by atoms with van der Waals surface area (Å²) < 4.78 is 11.5. The van der Waals surface area contributed by atoms with E-state index in [0.29, 0.717) is 62.8 Å². The van der Waals surface area contributed by atoms with Gasteiger partial charge in [0.05, 0.1) is 30.4 Å². The van der Waals surface area contributed by atoms with Crippen molar-refractivity contribution in [2.75, 3.05) is 49.7 Å². The van der Waals surface area contributed by atoms with Gasteiger partial charge < -0.3 is 25.0 Å². The van der Waals surface area contributed by atoms with E-state index < -0.39 is 16.9 Å². The number of amides is 1. The maximum atomic E-state index is 13.0. The second-order valence-electron chi connectivity index (χ2n) is 7.32. The number of morpholine rings is 1. The lowest BCUT2D eigenvalue weighted by Gasteiger charge is -2.28. The van der Waals surface area contributed by atoms with E-state index in [4.69, 9.17) is 9.47 Å². The molecule has 0 atom stereocenters. The molecule has 0 aliphatic carbocycles. The monoisotopic (exact) mass is 444 g/mol. The number of fused-ring (bicyclic) bond motifs is 1. The van der Waals surface area contributed by atoms with Crippen LogP contribution in [0.2, 0.25) is 0 Å². The number of nitrogens with one attached hydrogen (secondary N) is 2. The normalized spacial score (nSPS) is 15.7. The predicted octanol–water partition coefficient (Wildman–Crippen LogP) is 1.53. The average Bonchev–Trinajstić information content (AvgIpc) is 3.18. The quantitative estimate of drug-likeness (QED) is 0.519. The van der Waals surface area contributed by atoms with Gasteiger partial charge in [-0.3, -0.25) is 14.9 Å². The lowest BCUT2D eigenvalue weighted by molar-refractivity contribution is -0.385. The molecule has 12 heteroatoms. The third-order valence-electron chi connectivity index (χ3n) is 5.40. The van der Waals surface area contributed by atoms with Crippen LogP contribution in [0.15, 0.2) is 18.2 Å². The molecule has 1 amide bonds. The topological polar surface area (TPSA) is 141 Å². The molecule has 0 spiro atoms. The molecule has 12 nitrogen and oxygen atoms in total. The van der Waals surface area contributed by atoms with Crippen molar-refractivity contribution >= 4 is 29.2 Å². The van der Waals surface area contributed by atoms with Crippen LogP contribution in [-0.4, -0.2) is 66.2 Å². The minimum Gasteiger partial charge on any atom is -0.448 e. The number of anilines is 2. The Morgan fingerprint density at radius 2 is 2.12 bits per heavy atom. The molecule has 0 unspecified atom stereocenters. The lowest BCUT2D eigenvalue weighted by atomic mass is 10.1. The molecule has 1 aromatic heterocycles. The summed E-state index contributed by atoms with van der Waals surface area (Å²) in [6, 6.07) is 4.52. The average molecular weight is 444 g/mol. The van der Waals surface area contributed by atoms with Crippen molar-refractivity contribution in [1.29, 1.82) is 0 Å². The molecule has 32 heavy (non-hydrogen) atoms. The van der Waals surface area contributed by atoms with E-state index in [-0.39, 0.29) is 23.7 Å². The number of rotatable bonds is 5. The predicted molar refractivity (Wildman–Crippen MR) is 114 cm³/mol. The molecule has 2 aliphatic heterocycles. The Bertz CT molecular complexity index is 1050. The van der Waals surface area contributed by atoms with Crippen LogP contribution < -0.4 is 15.5 Å². The molecule has 2 aliphatic rings. The zero-order valence-corrected chi connectivity index (χ0v) is 17.6. The summed E-state index contributed by atoms with van der Waals surface area (Å²) in [6.07, 6.45) is -0.0993. The second kappa shape index (κ2) is 9.32. The highest BCUT2D eigenvalue weighted by atomic mass is 16.6. The first kappa shape index (κ1) is 21.7. The van der Waals surface area contributed by atoms with Crippen LogP contribution in [0.3, 0.4) is 0 Å². The number of hydrogen-bond acceptors (Lipinski definition) is 9. The van der Waals surface area contributed by atoms with Gasteiger partial charge in [-0.2, -0.15) is 4.68 Å². The highest BCUT2D eigenvalue weighted by molar-refractivity contribution is 6.07. The number of hydrogen-bond donors (Lipinski definition) is 2. The van der Waals surface area contributed by atoms with Crippen LogP contribution in [0.1, 0.15) is 28.5 Å². The molecule has 170 valence electrons. The fraction of sp³-hybridized carbons (Fsp3) is 0.450. The van der Waals surface area contributed by atoms with E-state index in [1.807, 2.05) is 4.90 Å². The van der Waals surface area contributed by atoms with Crippen molar-refractivity contribution in [3.8, 4) is 0 Å². The van der Waals surface area contributed by atoms with Crippen molar-refractivity contribution in [1.82, 2.24) is 15.1 Å². The Morgan fingerprint density at radius 3 is 2.84 bits per heavy atom. The molecule has 3 heterocycles. The van der Waals surface area contributed by atoms with E-state index in [1.165, 1.54) is 12.1 Å². The number of nitrogens with zero attached hydrogens (tertiary/aromatic N) is 4. The maximum absolute atomic E-state index is 13.0. The first-order valence-electron chi connectivity index (χ1n) is 10.4. The third kappa shape index (κ3) is 4.27. The second-order valence-corrected chi connectivity index (χ2v) is 7.32. The number of carbonyl (C=O) groups is 2. The fourth-order valence-electron chi connectivity index (χ4n) is 3.84. The Labute approximate surface area is 183 Å². The highest BCUT2D eigenvalue weighted by Crippen LogP contribution is 2.28. The van der Waals surface area contributed by atoms with Gasteiger partial charge in [0, 0.05) is 49.9 Å². The van der Waals surface area contributed by atoms with Gasteiger partial charge in [0.2, 0.25) is 0 Å². The van der Waals surface area contributed by atoms with Gasteiger partial charge in [-0.05, 0) is 19.1 Å². The minimum atomic E-state index is -0.674.